The molecule has 0 amide bonds. The molecule has 0 radical (unpaired) electrons. The molecule has 1 aliphatic carbocycles. The van der Waals surface area contributed by atoms with Crippen LogP contribution in [0.4, 0.5) is 0 Å². The van der Waals surface area contributed by atoms with Gasteiger partial charge in [-0.05, 0) is 49.5 Å². The number of rotatable bonds is 2. The van der Waals surface area contributed by atoms with E-state index in [1.807, 2.05) is 13.0 Å². The van der Waals surface area contributed by atoms with E-state index in [-0.39, 0.29) is 0 Å². The average Bonchev–Trinajstić information content (AvgIpc) is 2.55. The number of benzene rings is 1. The third-order valence-corrected chi connectivity index (χ3v) is 3.83. The van der Waals surface area contributed by atoms with Crippen LogP contribution >= 0.6 is 0 Å². The molecule has 0 bridgehead atoms. The van der Waals surface area contributed by atoms with Crippen molar-refractivity contribution in [3.63, 3.8) is 0 Å². The summed E-state index contributed by atoms with van der Waals surface area (Å²) >= 11 is 0. The van der Waals surface area contributed by atoms with Crippen LogP contribution in [0.15, 0.2) is 42.5 Å². The van der Waals surface area contributed by atoms with Gasteiger partial charge < -0.3 is 0 Å². The van der Waals surface area contributed by atoms with Crippen LogP contribution in [0.2, 0.25) is 0 Å². The number of aryl methyl sites for hydroxylation is 1. The first-order valence-electron chi connectivity index (χ1n) is 7.56. The maximum Gasteiger partial charge on any atom is 0.0866 e. The minimum atomic E-state index is 0.993. The Labute approximate surface area is 126 Å². The Morgan fingerprint density at radius 3 is 2.86 bits per heavy atom. The predicted molar refractivity (Wildman–Crippen MR) is 90.0 cm³/mol. The molecule has 0 N–H and O–H groups in total. The highest BCUT2D eigenvalue weighted by Crippen LogP contribution is 2.27. The zero-order valence-corrected chi connectivity index (χ0v) is 12.6. The quantitative estimate of drug-likeness (QED) is 0.709. The maximum absolute atomic E-state index is 4.97. The molecule has 0 saturated carbocycles. The van der Waals surface area contributed by atoms with Crippen molar-refractivity contribution in [2.24, 2.45) is 0 Å². The molecule has 1 nitrogen and oxygen atoms in total. The second kappa shape index (κ2) is 5.97. The standard InChI is InChI=1S/C20H19N/c1-3-9-16-12-8-13-18-14-15(4-2)19(21-20(16)18)17-10-6-5-7-11-17/h6,8,10-14H,4-5,7H2,1-2H3. The molecule has 104 valence electrons. The van der Waals surface area contributed by atoms with Gasteiger partial charge in [-0.15, -0.1) is 5.92 Å². The molecule has 1 heterocycles. The highest BCUT2D eigenvalue weighted by Gasteiger charge is 2.11. The average molecular weight is 273 g/mol. The smallest absolute Gasteiger partial charge is 0.0866 e. The zero-order valence-electron chi connectivity index (χ0n) is 12.6. The highest BCUT2D eigenvalue weighted by molar-refractivity contribution is 5.88. The van der Waals surface area contributed by atoms with Gasteiger partial charge in [0.2, 0.25) is 0 Å². The van der Waals surface area contributed by atoms with Crippen LogP contribution in [0.5, 0.6) is 0 Å². The van der Waals surface area contributed by atoms with Crippen molar-refractivity contribution in [3.05, 3.63) is 59.3 Å². The molecule has 0 spiro atoms. The molecule has 2 aromatic rings. The van der Waals surface area contributed by atoms with Crippen LogP contribution < -0.4 is 0 Å². The van der Waals surface area contributed by atoms with Gasteiger partial charge in [-0.2, -0.15) is 0 Å². The maximum atomic E-state index is 4.97. The first-order chi connectivity index (χ1) is 10.3. The van der Waals surface area contributed by atoms with Crippen LogP contribution in [0.1, 0.15) is 43.5 Å². The van der Waals surface area contributed by atoms with Crippen molar-refractivity contribution in [1.82, 2.24) is 4.98 Å². The number of allylic oxidation sites excluding steroid dienone is 4. The fourth-order valence-corrected chi connectivity index (χ4v) is 2.79. The van der Waals surface area contributed by atoms with Crippen LogP contribution in [-0.2, 0) is 6.42 Å². The van der Waals surface area contributed by atoms with Crippen molar-refractivity contribution < 1.29 is 0 Å². The molecule has 1 aromatic heterocycles. The Balaban J connectivity index is 2.27. The third-order valence-electron chi connectivity index (χ3n) is 3.83. The van der Waals surface area contributed by atoms with E-state index in [4.69, 9.17) is 4.98 Å². The Hall–Kier alpha value is -2.33. The molecule has 0 fully saturated rings. The lowest BCUT2D eigenvalue weighted by molar-refractivity contribution is 1.03. The zero-order chi connectivity index (χ0) is 14.7. The van der Waals surface area contributed by atoms with Gasteiger partial charge in [-0.1, -0.05) is 43.2 Å². The van der Waals surface area contributed by atoms with Crippen LogP contribution in [0.3, 0.4) is 0 Å². The van der Waals surface area contributed by atoms with Gasteiger partial charge in [-0.3, -0.25) is 0 Å². The van der Waals surface area contributed by atoms with Gasteiger partial charge in [0.15, 0.2) is 0 Å². The lowest BCUT2D eigenvalue weighted by Gasteiger charge is -2.13. The van der Waals surface area contributed by atoms with Crippen molar-refractivity contribution in [3.8, 4) is 11.8 Å². The summed E-state index contributed by atoms with van der Waals surface area (Å²) in [5.74, 6) is 6.15. The predicted octanol–water partition coefficient (Wildman–Crippen LogP) is 4.90. The Kier molecular flexibility index (Phi) is 3.88. The Morgan fingerprint density at radius 1 is 1.24 bits per heavy atom. The van der Waals surface area contributed by atoms with Gasteiger partial charge >= 0.3 is 0 Å². The lowest BCUT2D eigenvalue weighted by atomic mass is 9.97. The topological polar surface area (TPSA) is 12.9 Å². The number of hydrogen-bond acceptors (Lipinski definition) is 1. The molecule has 0 aliphatic heterocycles. The molecule has 1 aromatic carbocycles. The molecule has 1 aliphatic rings. The first-order valence-corrected chi connectivity index (χ1v) is 7.56. The SMILES string of the molecule is CC#Cc1cccc2cc(CC)c(C3=CCCC=C3)nc12. The minimum Gasteiger partial charge on any atom is -0.246 e. The fraction of sp³-hybridized carbons (Fsp3) is 0.250. The summed E-state index contributed by atoms with van der Waals surface area (Å²) in [5.41, 5.74) is 5.70. The number of para-hydroxylation sites is 1. The number of nitrogens with zero attached hydrogens (tertiary/aromatic N) is 1. The van der Waals surface area contributed by atoms with Gasteiger partial charge in [-0.25, -0.2) is 4.98 Å². The summed E-state index contributed by atoms with van der Waals surface area (Å²) in [6.45, 7) is 4.06. The van der Waals surface area contributed by atoms with E-state index in [1.165, 1.54) is 16.5 Å². The van der Waals surface area contributed by atoms with Gasteiger partial charge in [0, 0.05) is 5.39 Å². The van der Waals surface area contributed by atoms with Crippen molar-refractivity contribution in [2.45, 2.75) is 33.1 Å². The normalized spacial score (nSPS) is 13.7. The fourth-order valence-electron chi connectivity index (χ4n) is 2.79. The van der Waals surface area contributed by atoms with E-state index in [9.17, 15) is 0 Å². The number of aromatic nitrogens is 1. The van der Waals surface area contributed by atoms with Crippen molar-refractivity contribution in [2.75, 3.05) is 0 Å². The second-order valence-corrected chi connectivity index (χ2v) is 5.24. The summed E-state index contributed by atoms with van der Waals surface area (Å²) in [6.07, 6.45) is 9.95. The molecule has 1 heteroatoms. The van der Waals surface area contributed by atoms with Gasteiger partial charge in [0.25, 0.3) is 0 Å². The minimum absolute atomic E-state index is 0.993. The van der Waals surface area contributed by atoms with Crippen LogP contribution in [-0.4, -0.2) is 4.98 Å². The first kappa shape index (κ1) is 13.6. The van der Waals surface area contributed by atoms with Crippen molar-refractivity contribution >= 4 is 16.5 Å². The van der Waals surface area contributed by atoms with E-state index < -0.39 is 0 Å². The largest absolute Gasteiger partial charge is 0.246 e. The summed E-state index contributed by atoms with van der Waals surface area (Å²) in [7, 11) is 0. The van der Waals surface area contributed by atoms with E-state index in [1.54, 1.807) is 0 Å². The van der Waals surface area contributed by atoms with E-state index in [0.29, 0.717) is 0 Å². The van der Waals surface area contributed by atoms with E-state index in [2.05, 4.69) is 55.2 Å². The lowest BCUT2D eigenvalue weighted by Crippen LogP contribution is -1.99. The number of fused-ring (bicyclic) bond motifs is 1. The molecule has 0 saturated heterocycles. The molecular formula is C20H19N. The Bertz CT molecular complexity index is 798. The molecule has 21 heavy (non-hydrogen) atoms. The molecular weight excluding hydrogens is 254 g/mol. The summed E-state index contributed by atoms with van der Waals surface area (Å²) < 4.78 is 0. The van der Waals surface area contributed by atoms with Crippen molar-refractivity contribution in [1.29, 1.82) is 0 Å². The van der Waals surface area contributed by atoms with Crippen LogP contribution in [0, 0.1) is 11.8 Å². The molecule has 0 atom stereocenters. The highest BCUT2D eigenvalue weighted by atomic mass is 14.7. The van der Waals surface area contributed by atoms with Gasteiger partial charge in [0.05, 0.1) is 16.8 Å². The molecule has 0 unspecified atom stereocenters. The van der Waals surface area contributed by atoms with E-state index >= 15 is 0 Å². The summed E-state index contributed by atoms with van der Waals surface area (Å²) in [4.78, 5) is 4.97. The Morgan fingerprint density at radius 2 is 2.14 bits per heavy atom. The number of hydrogen-bond donors (Lipinski definition) is 0. The third kappa shape index (κ3) is 2.62. The van der Waals surface area contributed by atoms with Crippen LogP contribution in [0.25, 0.3) is 16.5 Å². The summed E-state index contributed by atoms with van der Waals surface area (Å²) in [5, 5.41) is 1.18. The van der Waals surface area contributed by atoms with Gasteiger partial charge in [0.1, 0.15) is 0 Å². The van der Waals surface area contributed by atoms with E-state index in [0.717, 1.165) is 36.0 Å². The number of pyridine rings is 1. The second-order valence-electron chi connectivity index (χ2n) is 5.24. The molecule has 3 rings (SSSR count). The monoisotopic (exact) mass is 273 g/mol. The summed E-state index contributed by atoms with van der Waals surface area (Å²) in [6, 6.07) is 8.49.